The van der Waals surface area contributed by atoms with Crippen molar-refractivity contribution < 1.29 is 18.0 Å². The lowest BCUT2D eigenvalue weighted by Gasteiger charge is -2.09. The molecule has 5 heterocycles. The summed E-state index contributed by atoms with van der Waals surface area (Å²) in [7, 11) is -4.22. The van der Waals surface area contributed by atoms with E-state index in [-0.39, 0.29) is 20.9 Å². The molecule has 7 rings (SSSR count). The van der Waals surface area contributed by atoms with Gasteiger partial charge in [0.2, 0.25) is 21.4 Å². The van der Waals surface area contributed by atoms with Gasteiger partial charge in [-0.15, -0.1) is 56.7 Å². The Labute approximate surface area is 274 Å². The highest BCUT2D eigenvalue weighted by Crippen LogP contribution is 2.51. The van der Waals surface area contributed by atoms with E-state index in [9.17, 15) is 18.0 Å². The minimum atomic E-state index is -4.22. The first-order chi connectivity index (χ1) is 21.4. The molecule has 0 aliphatic carbocycles. The molecule has 0 amide bonds. The van der Waals surface area contributed by atoms with Crippen LogP contribution in [0, 0.1) is 0 Å². The third kappa shape index (κ3) is 5.27. The predicted octanol–water partition coefficient (Wildman–Crippen LogP) is 10.6. The number of Topliss-reactive ketones (excluding diaryl/α,β-unsaturated/α-hetero) is 2. The van der Waals surface area contributed by atoms with Crippen LogP contribution >= 0.6 is 56.7 Å². The summed E-state index contributed by atoms with van der Waals surface area (Å²) in [4.78, 5) is 34.5. The van der Waals surface area contributed by atoms with Crippen LogP contribution < -0.4 is 0 Å². The maximum atomic E-state index is 14.5. The molecular formula is C34H20O4S6. The summed E-state index contributed by atoms with van der Waals surface area (Å²) in [6.45, 7) is 0. The van der Waals surface area contributed by atoms with Crippen LogP contribution in [0.4, 0.5) is 0 Å². The molecule has 2 aromatic carbocycles. The first-order valence-corrected chi connectivity index (χ1v) is 19.0. The van der Waals surface area contributed by atoms with Crippen molar-refractivity contribution >= 4 is 78.1 Å². The van der Waals surface area contributed by atoms with Crippen molar-refractivity contribution in [1.29, 1.82) is 0 Å². The van der Waals surface area contributed by atoms with E-state index in [2.05, 4.69) is 0 Å². The number of carbonyl (C=O) groups is 2. The number of sulfone groups is 1. The molecular weight excluding hydrogens is 665 g/mol. The minimum Gasteiger partial charge on any atom is -0.285 e. The topological polar surface area (TPSA) is 68.3 Å². The van der Waals surface area contributed by atoms with Crippen LogP contribution in [-0.2, 0) is 9.84 Å². The van der Waals surface area contributed by atoms with Gasteiger partial charge in [0.05, 0.1) is 20.2 Å². The molecule has 4 nitrogen and oxygen atoms in total. The van der Waals surface area contributed by atoms with Gasteiger partial charge in [0.1, 0.15) is 4.90 Å². The lowest BCUT2D eigenvalue weighted by Crippen LogP contribution is -2.18. The Balaban J connectivity index is 1.51. The fourth-order valence-corrected chi connectivity index (χ4v) is 12.0. The lowest BCUT2D eigenvalue weighted by atomic mass is 10.0. The fraction of sp³-hybridized carbons (Fsp3) is 0. The summed E-state index contributed by atoms with van der Waals surface area (Å²) in [5, 5.41) is 4.00. The molecule has 7 aromatic rings. The summed E-state index contributed by atoms with van der Waals surface area (Å²) in [6.07, 6.45) is 0. The monoisotopic (exact) mass is 684 g/mol. The van der Waals surface area contributed by atoms with Gasteiger partial charge in [0.15, 0.2) is 0 Å². The summed E-state index contributed by atoms with van der Waals surface area (Å²) in [6, 6.07) is 32.1. The molecule has 0 unspecified atom stereocenters. The van der Waals surface area contributed by atoms with Crippen molar-refractivity contribution in [2.24, 2.45) is 0 Å². The fourth-order valence-electron chi connectivity index (χ4n) is 4.79. The number of benzene rings is 2. The molecule has 0 saturated carbocycles. The molecule has 0 N–H and O–H groups in total. The van der Waals surface area contributed by atoms with Gasteiger partial charge in [0, 0.05) is 34.8 Å². The summed E-state index contributed by atoms with van der Waals surface area (Å²) in [5.74, 6) is -1.59. The maximum Gasteiger partial charge on any atom is 0.236 e. The molecule has 0 atom stereocenters. The zero-order chi connectivity index (χ0) is 30.3. The molecule has 0 bridgehead atoms. The molecule has 0 radical (unpaired) electrons. The highest BCUT2D eigenvalue weighted by Gasteiger charge is 2.37. The van der Waals surface area contributed by atoms with Gasteiger partial charge >= 0.3 is 0 Å². The molecule has 0 fully saturated rings. The van der Waals surface area contributed by atoms with Gasteiger partial charge in [0.25, 0.3) is 0 Å². The first kappa shape index (κ1) is 29.0. The van der Waals surface area contributed by atoms with Gasteiger partial charge in [-0.2, -0.15) is 0 Å². The lowest BCUT2D eigenvalue weighted by molar-refractivity contribution is 0.0816. The number of thiophene rings is 5. The van der Waals surface area contributed by atoms with Crippen LogP contribution in [0.3, 0.4) is 0 Å². The zero-order valence-corrected chi connectivity index (χ0v) is 27.5. The number of hydrogen-bond acceptors (Lipinski definition) is 9. The summed E-state index contributed by atoms with van der Waals surface area (Å²) < 4.78 is 29.1. The molecule has 0 aliphatic heterocycles. The Hall–Kier alpha value is -3.77. The van der Waals surface area contributed by atoms with Crippen molar-refractivity contribution in [3.8, 4) is 39.0 Å². The van der Waals surface area contributed by atoms with E-state index in [1.807, 2.05) is 59.3 Å². The number of ketones is 2. The molecule has 44 heavy (non-hydrogen) atoms. The first-order valence-electron chi connectivity index (χ1n) is 13.3. The number of carbonyl (C=O) groups excluding carboxylic acids is 2. The van der Waals surface area contributed by atoms with Crippen molar-refractivity contribution in [1.82, 2.24) is 0 Å². The van der Waals surface area contributed by atoms with Gasteiger partial charge < -0.3 is 0 Å². The quantitative estimate of drug-likeness (QED) is 0.112. The van der Waals surface area contributed by atoms with E-state index in [1.54, 1.807) is 71.2 Å². The third-order valence-electron chi connectivity index (χ3n) is 6.84. The average molecular weight is 685 g/mol. The van der Waals surface area contributed by atoms with Crippen molar-refractivity contribution in [3.63, 3.8) is 0 Å². The van der Waals surface area contributed by atoms with Crippen LogP contribution in [0.25, 0.3) is 39.0 Å². The minimum absolute atomic E-state index is 0.0623. The second-order valence-corrected chi connectivity index (χ2v) is 16.6. The highest BCUT2D eigenvalue weighted by atomic mass is 32.2. The standard InChI is InChI=1S/C34H20O4S6/c35-30(21-9-3-1-4-10-21)31(36)29-32(27-17-15-25(41-27)23-13-7-19-39-23)43-33(28-18-16-26(42-28)24-14-8-20-40-24)34(29)44(37,38)22-11-5-2-6-12-22/h1-20H. The Morgan fingerprint density at radius 3 is 1.55 bits per heavy atom. The molecule has 5 aromatic heterocycles. The van der Waals surface area contributed by atoms with Crippen LogP contribution in [0.1, 0.15) is 20.7 Å². The normalized spacial score (nSPS) is 11.5. The number of rotatable bonds is 9. The molecule has 0 aliphatic rings. The summed E-state index contributed by atoms with van der Waals surface area (Å²) >= 11 is 7.41. The molecule has 0 spiro atoms. The smallest absolute Gasteiger partial charge is 0.236 e. The number of hydrogen-bond donors (Lipinski definition) is 0. The second kappa shape index (κ2) is 12.0. The second-order valence-electron chi connectivity index (χ2n) is 9.59. The Bertz CT molecular complexity index is 2200. The van der Waals surface area contributed by atoms with E-state index >= 15 is 0 Å². The molecule has 216 valence electrons. The average Bonchev–Trinajstić information content (AvgIpc) is 3.89. The van der Waals surface area contributed by atoms with Crippen molar-refractivity contribution in [2.45, 2.75) is 9.79 Å². The van der Waals surface area contributed by atoms with Gasteiger partial charge in [-0.1, -0.05) is 60.7 Å². The van der Waals surface area contributed by atoms with Crippen molar-refractivity contribution in [2.75, 3.05) is 0 Å². The van der Waals surface area contributed by atoms with Crippen LogP contribution in [-0.4, -0.2) is 20.0 Å². The Morgan fingerprint density at radius 2 is 1.00 bits per heavy atom. The van der Waals surface area contributed by atoms with Crippen LogP contribution in [0.2, 0.25) is 0 Å². The highest BCUT2D eigenvalue weighted by molar-refractivity contribution is 7.92. The molecule has 0 saturated heterocycles. The SMILES string of the molecule is O=C(C(=O)c1c(-c2ccc(-c3cccs3)s2)sc(-c2ccc(-c3cccs3)s2)c1S(=O)(=O)c1ccccc1)c1ccccc1. The third-order valence-corrected chi connectivity index (χ3v) is 14.7. The molecule has 10 heteroatoms. The predicted molar refractivity (Wildman–Crippen MR) is 185 cm³/mol. The Morgan fingerprint density at radius 1 is 0.477 bits per heavy atom. The van der Waals surface area contributed by atoms with E-state index in [0.29, 0.717) is 9.75 Å². The van der Waals surface area contributed by atoms with E-state index in [0.717, 1.165) is 29.3 Å². The van der Waals surface area contributed by atoms with E-state index in [4.69, 9.17) is 0 Å². The van der Waals surface area contributed by atoms with Gasteiger partial charge in [-0.05, 0) is 59.3 Å². The summed E-state index contributed by atoms with van der Waals surface area (Å²) in [5.41, 5.74) is 0.133. The van der Waals surface area contributed by atoms with E-state index < -0.39 is 21.4 Å². The van der Waals surface area contributed by atoms with Crippen LogP contribution in [0.5, 0.6) is 0 Å². The van der Waals surface area contributed by atoms with E-state index in [1.165, 1.54) is 46.1 Å². The van der Waals surface area contributed by atoms with Crippen molar-refractivity contribution in [3.05, 3.63) is 131 Å². The van der Waals surface area contributed by atoms with Gasteiger partial charge in [-0.25, -0.2) is 8.42 Å². The zero-order valence-electron chi connectivity index (χ0n) is 22.6. The Kier molecular flexibility index (Phi) is 7.88. The largest absolute Gasteiger partial charge is 0.285 e. The maximum absolute atomic E-state index is 14.5. The van der Waals surface area contributed by atoms with Gasteiger partial charge in [-0.3, -0.25) is 9.59 Å². The van der Waals surface area contributed by atoms with Crippen LogP contribution in [0.15, 0.2) is 130 Å².